The van der Waals surface area contributed by atoms with E-state index in [1.807, 2.05) is 0 Å². The zero-order chi connectivity index (χ0) is 11.8. The molecule has 1 aliphatic heterocycles. The van der Waals surface area contributed by atoms with Crippen molar-refractivity contribution in [2.24, 2.45) is 5.92 Å². The first-order chi connectivity index (χ1) is 8.29. The molecule has 0 aliphatic carbocycles. The van der Waals surface area contributed by atoms with Crippen LogP contribution >= 0.6 is 11.6 Å². The molecule has 0 spiro atoms. The Hall–Kier alpha value is -1.69. The van der Waals surface area contributed by atoms with E-state index in [1.165, 1.54) is 6.33 Å². The zero-order valence-electron chi connectivity index (χ0n) is 8.93. The minimum atomic E-state index is 0.0465. The summed E-state index contributed by atoms with van der Waals surface area (Å²) in [6.07, 6.45) is 3.44. The van der Waals surface area contributed by atoms with Crippen LogP contribution in [-0.2, 0) is 4.79 Å². The predicted molar refractivity (Wildman–Crippen MR) is 62.9 cm³/mol. The third kappa shape index (κ3) is 1.64. The predicted octanol–water partition coefficient (Wildman–Crippen LogP) is 0.945. The lowest BCUT2D eigenvalue weighted by atomic mass is 10.1. The fourth-order valence-corrected chi connectivity index (χ4v) is 2.25. The Morgan fingerprint density at radius 2 is 2.35 bits per heavy atom. The third-order valence-corrected chi connectivity index (χ3v) is 3.32. The van der Waals surface area contributed by atoms with E-state index in [-0.39, 0.29) is 11.8 Å². The van der Waals surface area contributed by atoms with Gasteiger partial charge in [0.05, 0.1) is 6.33 Å². The maximum Gasteiger partial charge on any atom is 0.228 e. The van der Waals surface area contributed by atoms with Gasteiger partial charge < -0.3 is 4.98 Å². The second-order valence-electron chi connectivity index (χ2n) is 4.03. The Bertz CT molecular complexity index is 569. The lowest BCUT2D eigenvalue weighted by Gasteiger charge is -2.15. The molecular formula is C10H10ClN5O. The zero-order valence-corrected chi connectivity index (χ0v) is 9.68. The fourth-order valence-electron chi connectivity index (χ4n) is 2.05. The van der Waals surface area contributed by atoms with Crippen molar-refractivity contribution in [3.05, 3.63) is 12.7 Å². The molecule has 2 aromatic rings. The number of aromatic amines is 1. The number of nitrogens with one attached hydrogen (secondary N) is 1. The summed E-state index contributed by atoms with van der Waals surface area (Å²) in [6.45, 7) is 0.605. The number of anilines is 1. The van der Waals surface area contributed by atoms with Gasteiger partial charge in [0, 0.05) is 18.8 Å². The first-order valence-corrected chi connectivity index (χ1v) is 5.83. The quantitative estimate of drug-likeness (QED) is 0.807. The fraction of sp³-hybridized carbons (Fsp3) is 0.400. The van der Waals surface area contributed by atoms with E-state index < -0.39 is 0 Å². The molecule has 1 unspecified atom stereocenters. The molecule has 1 N–H and O–H groups in total. The van der Waals surface area contributed by atoms with Crippen molar-refractivity contribution < 1.29 is 4.79 Å². The molecule has 3 heterocycles. The second kappa shape index (κ2) is 3.96. The van der Waals surface area contributed by atoms with E-state index in [0.717, 1.165) is 0 Å². The molecule has 1 amide bonds. The summed E-state index contributed by atoms with van der Waals surface area (Å²) < 4.78 is 0. The molecule has 1 aliphatic rings. The average molecular weight is 252 g/mol. The molecule has 6 nitrogen and oxygen atoms in total. The maximum absolute atomic E-state index is 11.9. The summed E-state index contributed by atoms with van der Waals surface area (Å²) in [5.41, 5.74) is 1.26. The standard InChI is InChI=1S/C10H10ClN5O/c11-2-6-1-7(17)16(3-6)10-8-9(13-4-12-8)14-5-15-10/h4-6H,1-3H2,(H,12,13,14,15). The Morgan fingerprint density at radius 3 is 3.12 bits per heavy atom. The minimum Gasteiger partial charge on any atom is -0.340 e. The van der Waals surface area contributed by atoms with Crippen LogP contribution in [0.15, 0.2) is 12.7 Å². The monoisotopic (exact) mass is 251 g/mol. The van der Waals surface area contributed by atoms with E-state index >= 15 is 0 Å². The number of H-pyrrole nitrogens is 1. The lowest BCUT2D eigenvalue weighted by Crippen LogP contribution is -2.26. The number of nitrogens with zero attached hydrogens (tertiary/aromatic N) is 4. The SMILES string of the molecule is O=C1CC(CCl)CN1c1ncnc2nc[nH]c12. The van der Waals surface area contributed by atoms with Crippen LogP contribution in [0.2, 0.25) is 0 Å². The van der Waals surface area contributed by atoms with E-state index in [4.69, 9.17) is 11.6 Å². The molecule has 0 saturated carbocycles. The number of hydrogen-bond donors (Lipinski definition) is 1. The second-order valence-corrected chi connectivity index (χ2v) is 4.34. The van der Waals surface area contributed by atoms with Gasteiger partial charge >= 0.3 is 0 Å². The van der Waals surface area contributed by atoms with Gasteiger partial charge in [0.15, 0.2) is 11.5 Å². The van der Waals surface area contributed by atoms with Gasteiger partial charge in [0.1, 0.15) is 11.8 Å². The number of amides is 1. The maximum atomic E-state index is 11.9. The highest BCUT2D eigenvalue weighted by atomic mass is 35.5. The first-order valence-electron chi connectivity index (χ1n) is 5.30. The number of fused-ring (bicyclic) bond motifs is 1. The highest BCUT2D eigenvalue weighted by molar-refractivity contribution is 6.18. The molecule has 7 heteroatoms. The molecule has 3 rings (SSSR count). The van der Waals surface area contributed by atoms with Crippen LogP contribution < -0.4 is 4.90 Å². The molecule has 1 fully saturated rings. The smallest absolute Gasteiger partial charge is 0.228 e. The summed E-state index contributed by atoms with van der Waals surface area (Å²) in [6, 6.07) is 0. The molecule has 2 aromatic heterocycles. The molecule has 0 bridgehead atoms. The highest BCUT2D eigenvalue weighted by Crippen LogP contribution is 2.27. The molecule has 0 radical (unpaired) electrons. The van der Waals surface area contributed by atoms with Crippen LogP contribution in [0.25, 0.3) is 11.2 Å². The average Bonchev–Trinajstić information content (AvgIpc) is 2.94. The number of rotatable bonds is 2. The summed E-state index contributed by atoms with van der Waals surface area (Å²) in [4.78, 5) is 28.7. The highest BCUT2D eigenvalue weighted by Gasteiger charge is 2.32. The van der Waals surface area contributed by atoms with Crippen molar-refractivity contribution in [1.29, 1.82) is 0 Å². The lowest BCUT2D eigenvalue weighted by molar-refractivity contribution is -0.117. The summed E-state index contributed by atoms with van der Waals surface area (Å²) in [5.74, 6) is 1.31. The van der Waals surface area contributed by atoms with Crippen molar-refractivity contribution >= 4 is 34.5 Å². The third-order valence-electron chi connectivity index (χ3n) is 2.88. The number of halogens is 1. The van der Waals surface area contributed by atoms with Crippen molar-refractivity contribution in [2.45, 2.75) is 6.42 Å². The number of alkyl halides is 1. The summed E-state index contributed by atoms with van der Waals surface area (Å²) >= 11 is 5.79. The number of hydrogen-bond acceptors (Lipinski definition) is 4. The molecule has 17 heavy (non-hydrogen) atoms. The Balaban J connectivity index is 2.04. The van der Waals surface area contributed by atoms with Crippen molar-refractivity contribution in [1.82, 2.24) is 19.9 Å². The van der Waals surface area contributed by atoms with Crippen LogP contribution in [0.1, 0.15) is 6.42 Å². The van der Waals surface area contributed by atoms with Gasteiger partial charge in [-0.3, -0.25) is 9.69 Å². The molecule has 1 saturated heterocycles. The normalized spacial score (nSPS) is 20.4. The van der Waals surface area contributed by atoms with Gasteiger partial charge in [0.25, 0.3) is 0 Å². The van der Waals surface area contributed by atoms with Crippen molar-refractivity contribution in [2.75, 3.05) is 17.3 Å². The number of carbonyl (C=O) groups is 1. The summed E-state index contributed by atoms with van der Waals surface area (Å²) in [7, 11) is 0. The molecular weight excluding hydrogens is 242 g/mol. The van der Waals surface area contributed by atoms with Crippen molar-refractivity contribution in [3.63, 3.8) is 0 Å². The van der Waals surface area contributed by atoms with Gasteiger partial charge in [-0.2, -0.15) is 0 Å². The van der Waals surface area contributed by atoms with Crippen LogP contribution in [-0.4, -0.2) is 38.3 Å². The Morgan fingerprint density at radius 1 is 1.47 bits per heavy atom. The molecule has 0 aromatic carbocycles. The first kappa shape index (κ1) is 10.5. The van der Waals surface area contributed by atoms with Gasteiger partial charge in [-0.1, -0.05) is 0 Å². The van der Waals surface area contributed by atoms with Crippen LogP contribution in [0, 0.1) is 5.92 Å². The minimum absolute atomic E-state index is 0.0465. The number of imidazole rings is 1. The van der Waals surface area contributed by atoms with Gasteiger partial charge in [0.2, 0.25) is 5.91 Å². The number of carbonyl (C=O) groups excluding carboxylic acids is 1. The number of aromatic nitrogens is 4. The van der Waals surface area contributed by atoms with E-state index in [2.05, 4.69) is 19.9 Å². The van der Waals surface area contributed by atoms with Gasteiger partial charge in [-0.25, -0.2) is 15.0 Å². The van der Waals surface area contributed by atoms with E-state index in [9.17, 15) is 4.79 Å². The van der Waals surface area contributed by atoms with Crippen LogP contribution in [0.3, 0.4) is 0 Å². The van der Waals surface area contributed by atoms with Crippen molar-refractivity contribution in [3.8, 4) is 0 Å². The molecule has 88 valence electrons. The Kier molecular flexibility index (Phi) is 2.44. The van der Waals surface area contributed by atoms with E-state index in [1.54, 1.807) is 11.2 Å². The largest absolute Gasteiger partial charge is 0.340 e. The molecule has 1 atom stereocenters. The van der Waals surface area contributed by atoms with E-state index in [0.29, 0.717) is 35.8 Å². The summed E-state index contributed by atoms with van der Waals surface area (Å²) in [5, 5.41) is 0. The topological polar surface area (TPSA) is 74.8 Å². The van der Waals surface area contributed by atoms with Crippen LogP contribution in [0.4, 0.5) is 5.82 Å². The van der Waals surface area contributed by atoms with Gasteiger partial charge in [-0.05, 0) is 5.92 Å². The Labute approximate surface area is 102 Å². The van der Waals surface area contributed by atoms with Crippen LogP contribution in [0.5, 0.6) is 0 Å². The van der Waals surface area contributed by atoms with Gasteiger partial charge in [-0.15, -0.1) is 11.6 Å².